The molecule has 7 heteroatoms. The highest BCUT2D eigenvalue weighted by atomic mass is 127. The van der Waals surface area contributed by atoms with Gasteiger partial charge in [-0.05, 0) is 58.2 Å². The Balaban J connectivity index is 0.00000261. The maximum absolute atomic E-state index is 6.11. The highest BCUT2D eigenvalue weighted by molar-refractivity contribution is 14.0. The first-order chi connectivity index (χ1) is 12.3. The van der Waals surface area contributed by atoms with Gasteiger partial charge in [-0.2, -0.15) is 0 Å². The Morgan fingerprint density at radius 1 is 1.33 bits per heavy atom. The molecule has 1 N–H and O–H groups in total. The Labute approximate surface area is 179 Å². The van der Waals surface area contributed by atoms with Crippen molar-refractivity contribution >= 4 is 35.6 Å². The van der Waals surface area contributed by atoms with Crippen LogP contribution in [0.25, 0.3) is 5.65 Å². The summed E-state index contributed by atoms with van der Waals surface area (Å²) in [6.07, 6.45) is 6.53. The maximum Gasteiger partial charge on any atom is 0.193 e. The van der Waals surface area contributed by atoms with Crippen LogP contribution < -0.4 is 5.32 Å². The molecule has 3 rings (SSSR count). The average molecular weight is 485 g/mol. The molecule has 1 saturated heterocycles. The molecule has 2 aromatic heterocycles. The number of aryl methyl sites for hydroxylation is 1. The molecular weight excluding hydrogens is 453 g/mol. The van der Waals surface area contributed by atoms with E-state index in [-0.39, 0.29) is 29.6 Å². The molecule has 0 radical (unpaired) electrons. The standard InChI is InChI=1S/C20H31N5O.HI/c1-15-6-9-25-14-16(23-18(25)12-15)13-22-19(21-5)24-10-7-17(8-11-24)26-20(2,3)4;/h6,9,12,14,17H,7-8,10-11,13H2,1-5H3,(H,21,22);1H. The Morgan fingerprint density at radius 3 is 2.67 bits per heavy atom. The number of aliphatic imine (C=N–C) groups is 1. The Morgan fingerprint density at radius 2 is 2.04 bits per heavy atom. The van der Waals surface area contributed by atoms with Crippen molar-refractivity contribution in [2.24, 2.45) is 4.99 Å². The van der Waals surface area contributed by atoms with Gasteiger partial charge in [0.15, 0.2) is 5.96 Å². The van der Waals surface area contributed by atoms with Gasteiger partial charge in [-0.15, -0.1) is 24.0 Å². The fraction of sp³-hybridized carbons (Fsp3) is 0.600. The molecule has 0 spiro atoms. The number of nitrogens with one attached hydrogen (secondary N) is 1. The number of halogens is 1. The molecule has 2 aromatic rings. The predicted molar refractivity (Wildman–Crippen MR) is 121 cm³/mol. The summed E-state index contributed by atoms with van der Waals surface area (Å²) < 4.78 is 8.17. The van der Waals surface area contributed by atoms with Gasteiger partial charge in [-0.3, -0.25) is 4.99 Å². The lowest BCUT2D eigenvalue weighted by atomic mass is 10.1. The Bertz CT molecular complexity index is 772. The minimum Gasteiger partial charge on any atom is -0.372 e. The first-order valence-corrected chi connectivity index (χ1v) is 9.42. The van der Waals surface area contributed by atoms with E-state index in [2.05, 4.69) is 76.8 Å². The second-order valence-corrected chi connectivity index (χ2v) is 8.02. The second-order valence-electron chi connectivity index (χ2n) is 8.02. The summed E-state index contributed by atoms with van der Waals surface area (Å²) in [4.78, 5) is 11.4. The lowest BCUT2D eigenvalue weighted by Gasteiger charge is -2.36. The molecule has 0 aliphatic carbocycles. The summed E-state index contributed by atoms with van der Waals surface area (Å²) in [5, 5.41) is 3.45. The average Bonchev–Trinajstić information content (AvgIpc) is 2.97. The van der Waals surface area contributed by atoms with E-state index in [4.69, 9.17) is 4.74 Å². The quantitative estimate of drug-likeness (QED) is 0.410. The summed E-state index contributed by atoms with van der Waals surface area (Å²) >= 11 is 0. The monoisotopic (exact) mass is 485 g/mol. The number of nitrogens with zero attached hydrogens (tertiary/aromatic N) is 4. The summed E-state index contributed by atoms with van der Waals surface area (Å²) in [5.74, 6) is 0.937. The molecule has 0 bridgehead atoms. The zero-order valence-corrected chi connectivity index (χ0v) is 19.4. The smallest absolute Gasteiger partial charge is 0.193 e. The second kappa shape index (κ2) is 9.23. The number of rotatable bonds is 3. The highest BCUT2D eigenvalue weighted by Crippen LogP contribution is 2.20. The fourth-order valence-electron chi connectivity index (χ4n) is 3.41. The number of hydrogen-bond acceptors (Lipinski definition) is 3. The molecule has 0 saturated carbocycles. The van der Waals surface area contributed by atoms with Crippen LogP contribution in [-0.2, 0) is 11.3 Å². The van der Waals surface area contributed by atoms with Crippen molar-refractivity contribution < 1.29 is 4.74 Å². The number of piperidine rings is 1. The van der Waals surface area contributed by atoms with Gasteiger partial charge in [0.1, 0.15) is 5.65 Å². The molecule has 0 amide bonds. The number of pyridine rings is 1. The van der Waals surface area contributed by atoms with E-state index >= 15 is 0 Å². The van der Waals surface area contributed by atoms with Crippen molar-refractivity contribution in [1.82, 2.24) is 19.6 Å². The number of guanidine groups is 1. The van der Waals surface area contributed by atoms with Gasteiger partial charge >= 0.3 is 0 Å². The Kier molecular flexibility index (Phi) is 7.50. The molecule has 0 atom stereocenters. The Hall–Kier alpha value is -1.35. The van der Waals surface area contributed by atoms with Gasteiger partial charge in [0, 0.05) is 32.5 Å². The summed E-state index contributed by atoms with van der Waals surface area (Å²) in [6, 6.07) is 4.19. The van der Waals surface area contributed by atoms with Gasteiger partial charge in [-0.25, -0.2) is 4.98 Å². The third kappa shape index (κ3) is 6.07. The van der Waals surface area contributed by atoms with Crippen LogP contribution in [0.15, 0.2) is 29.5 Å². The van der Waals surface area contributed by atoms with Crippen molar-refractivity contribution in [3.8, 4) is 0 Å². The normalized spacial score (nSPS) is 16.5. The number of hydrogen-bond donors (Lipinski definition) is 1. The number of imidazole rings is 1. The fourth-order valence-corrected chi connectivity index (χ4v) is 3.41. The van der Waals surface area contributed by atoms with Gasteiger partial charge in [-0.1, -0.05) is 0 Å². The molecular formula is C20H32IN5O. The van der Waals surface area contributed by atoms with Gasteiger partial charge in [0.05, 0.1) is 23.9 Å². The highest BCUT2D eigenvalue weighted by Gasteiger charge is 2.25. The summed E-state index contributed by atoms with van der Waals surface area (Å²) in [5.41, 5.74) is 3.15. The van der Waals surface area contributed by atoms with E-state index in [1.165, 1.54) is 5.56 Å². The third-order valence-electron chi connectivity index (χ3n) is 4.57. The number of aromatic nitrogens is 2. The van der Waals surface area contributed by atoms with E-state index in [9.17, 15) is 0 Å². The molecule has 3 heterocycles. The van der Waals surface area contributed by atoms with Crippen LogP contribution in [-0.4, -0.2) is 52.1 Å². The molecule has 1 fully saturated rings. The van der Waals surface area contributed by atoms with E-state index < -0.39 is 0 Å². The van der Waals surface area contributed by atoms with E-state index in [0.717, 1.165) is 43.2 Å². The lowest BCUT2D eigenvalue weighted by Crippen LogP contribution is -2.47. The molecule has 1 aliphatic heterocycles. The number of fused-ring (bicyclic) bond motifs is 1. The summed E-state index contributed by atoms with van der Waals surface area (Å²) in [7, 11) is 1.84. The maximum atomic E-state index is 6.11. The van der Waals surface area contributed by atoms with Crippen LogP contribution in [0.2, 0.25) is 0 Å². The van der Waals surface area contributed by atoms with Crippen molar-refractivity contribution in [1.29, 1.82) is 0 Å². The van der Waals surface area contributed by atoms with Crippen molar-refractivity contribution in [2.75, 3.05) is 20.1 Å². The van der Waals surface area contributed by atoms with Crippen LogP contribution in [0.1, 0.15) is 44.9 Å². The van der Waals surface area contributed by atoms with E-state index in [1.54, 1.807) is 0 Å². The zero-order chi connectivity index (χ0) is 18.7. The molecule has 27 heavy (non-hydrogen) atoms. The topological polar surface area (TPSA) is 54.2 Å². The van der Waals surface area contributed by atoms with Crippen molar-refractivity contribution in [2.45, 2.75) is 58.8 Å². The molecule has 0 unspecified atom stereocenters. The van der Waals surface area contributed by atoms with Gasteiger partial charge in [0.2, 0.25) is 0 Å². The van der Waals surface area contributed by atoms with Gasteiger partial charge in [0.25, 0.3) is 0 Å². The minimum atomic E-state index is -0.0752. The van der Waals surface area contributed by atoms with Crippen molar-refractivity contribution in [3.05, 3.63) is 35.8 Å². The summed E-state index contributed by atoms with van der Waals surface area (Å²) in [6.45, 7) is 11.0. The third-order valence-corrected chi connectivity index (χ3v) is 4.57. The molecule has 0 aromatic carbocycles. The van der Waals surface area contributed by atoms with E-state index in [0.29, 0.717) is 12.6 Å². The minimum absolute atomic E-state index is 0. The first-order valence-electron chi connectivity index (χ1n) is 9.42. The van der Waals surface area contributed by atoms with Crippen LogP contribution in [0.4, 0.5) is 0 Å². The SMILES string of the molecule is CN=C(NCc1cn2ccc(C)cc2n1)N1CCC(OC(C)(C)C)CC1.I. The first kappa shape index (κ1) is 21.9. The number of ether oxygens (including phenoxy) is 1. The molecule has 1 aliphatic rings. The predicted octanol–water partition coefficient (Wildman–Crippen LogP) is 3.62. The van der Waals surface area contributed by atoms with Crippen molar-refractivity contribution in [3.63, 3.8) is 0 Å². The molecule has 150 valence electrons. The van der Waals surface area contributed by atoms with E-state index in [1.807, 2.05) is 7.05 Å². The van der Waals surface area contributed by atoms with Crippen LogP contribution in [0.3, 0.4) is 0 Å². The van der Waals surface area contributed by atoms with Gasteiger partial charge < -0.3 is 19.4 Å². The lowest BCUT2D eigenvalue weighted by molar-refractivity contribution is -0.0772. The zero-order valence-electron chi connectivity index (χ0n) is 17.0. The van der Waals surface area contributed by atoms with Crippen LogP contribution >= 0.6 is 24.0 Å². The van der Waals surface area contributed by atoms with Crippen LogP contribution in [0, 0.1) is 6.92 Å². The number of likely N-dealkylation sites (tertiary alicyclic amines) is 1. The van der Waals surface area contributed by atoms with Crippen LogP contribution in [0.5, 0.6) is 0 Å². The molecule has 6 nitrogen and oxygen atoms in total. The largest absolute Gasteiger partial charge is 0.372 e.